The Labute approximate surface area is 109 Å². The van der Waals surface area contributed by atoms with Gasteiger partial charge in [-0.2, -0.15) is 5.10 Å². The number of carbonyl (C=O) groups is 1. The molecular weight excluding hydrogens is 244 g/mol. The topological polar surface area (TPSA) is 86.9 Å². The highest BCUT2D eigenvalue weighted by atomic mass is 16.2. The summed E-state index contributed by atoms with van der Waals surface area (Å²) in [5.41, 5.74) is 1.85. The molecule has 0 radical (unpaired) electrons. The number of urea groups is 1. The molecule has 0 bridgehead atoms. The summed E-state index contributed by atoms with van der Waals surface area (Å²) in [5, 5.41) is 11.2. The minimum absolute atomic E-state index is 0.293. The van der Waals surface area contributed by atoms with E-state index in [1.54, 1.807) is 0 Å². The lowest BCUT2D eigenvalue weighted by atomic mass is 10.1. The SMILES string of the molecule is Cc1ccccc1CNC(=O)Nc1ccc(=O)[nH]n1. The first-order chi connectivity index (χ1) is 9.15. The van der Waals surface area contributed by atoms with Crippen molar-refractivity contribution in [3.8, 4) is 0 Å². The Kier molecular flexibility index (Phi) is 3.92. The number of aryl methyl sites for hydroxylation is 1. The van der Waals surface area contributed by atoms with Gasteiger partial charge in [0.15, 0.2) is 5.82 Å². The Morgan fingerprint density at radius 3 is 2.74 bits per heavy atom. The van der Waals surface area contributed by atoms with Crippen molar-refractivity contribution >= 4 is 11.8 Å². The summed E-state index contributed by atoms with van der Waals surface area (Å²) in [5.74, 6) is 0.293. The quantitative estimate of drug-likeness (QED) is 0.777. The minimum atomic E-state index is -0.372. The van der Waals surface area contributed by atoms with E-state index in [0.717, 1.165) is 11.1 Å². The van der Waals surface area contributed by atoms with Crippen LogP contribution in [-0.2, 0) is 6.54 Å². The summed E-state index contributed by atoms with van der Waals surface area (Å²) < 4.78 is 0. The monoisotopic (exact) mass is 258 g/mol. The van der Waals surface area contributed by atoms with Gasteiger partial charge in [-0.25, -0.2) is 9.89 Å². The van der Waals surface area contributed by atoms with Gasteiger partial charge in [-0.05, 0) is 24.1 Å². The maximum atomic E-state index is 11.6. The van der Waals surface area contributed by atoms with E-state index in [1.807, 2.05) is 31.2 Å². The molecule has 0 saturated carbocycles. The van der Waals surface area contributed by atoms with E-state index in [4.69, 9.17) is 0 Å². The Hall–Kier alpha value is -2.63. The van der Waals surface area contributed by atoms with Crippen molar-refractivity contribution in [1.82, 2.24) is 15.5 Å². The standard InChI is InChI=1S/C13H14N4O2/c1-9-4-2-3-5-10(9)8-14-13(19)15-11-6-7-12(18)17-16-11/h2-7H,8H2,1H3,(H,17,18)(H2,14,15,16,19). The lowest BCUT2D eigenvalue weighted by molar-refractivity contribution is 0.251. The second kappa shape index (κ2) is 5.81. The molecule has 2 aromatic rings. The van der Waals surface area contributed by atoms with Gasteiger partial charge in [-0.3, -0.25) is 10.1 Å². The van der Waals surface area contributed by atoms with E-state index in [2.05, 4.69) is 20.8 Å². The molecule has 0 fully saturated rings. The van der Waals surface area contributed by atoms with Crippen LogP contribution in [-0.4, -0.2) is 16.2 Å². The molecule has 0 spiro atoms. The molecule has 6 heteroatoms. The number of anilines is 1. The number of nitrogens with one attached hydrogen (secondary N) is 3. The average molecular weight is 258 g/mol. The maximum Gasteiger partial charge on any atom is 0.320 e. The molecule has 1 heterocycles. The first-order valence-corrected chi connectivity index (χ1v) is 5.80. The average Bonchev–Trinajstić information content (AvgIpc) is 2.40. The fraction of sp³-hybridized carbons (Fsp3) is 0.154. The molecule has 0 saturated heterocycles. The summed E-state index contributed by atoms with van der Waals surface area (Å²) in [4.78, 5) is 22.4. The van der Waals surface area contributed by atoms with Crippen LogP contribution < -0.4 is 16.2 Å². The van der Waals surface area contributed by atoms with Crippen molar-refractivity contribution in [2.24, 2.45) is 0 Å². The summed E-state index contributed by atoms with van der Waals surface area (Å²) in [7, 11) is 0. The van der Waals surface area contributed by atoms with Crippen molar-refractivity contribution in [3.05, 3.63) is 57.9 Å². The van der Waals surface area contributed by atoms with Crippen LogP contribution >= 0.6 is 0 Å². The van der Waals surface area contributed by atoms with Crippen molar-refractivity contribution < 1.29 is 4.79 Å². The molecular formula is C13H14N4O2. The van der Waals surface area contributed by atoms with Crippen LogP contribution in [0, 0.1) is 6.92 Å². The van der Waals surface area contributed by atoms with Crippen molar-refractivity contribution in [2.45, 2.75) is 13.5 Å². The minimum Gasteiger partial charge on any atom is -0.334 e. The van der Waals surface area contributed by atoms with Crippen LogP contribution in [0.5, 0.6) is 0 Å². The van der Waals surface area contributed by atoms with Crippen LogP contribution in [0.3, 0.4) is 0 Å². The summed E-state index contributed by atoms with van der Waals surface area (Å²) in [6.45, 7) is 2.42. The number of rotatable bonds is 3. The summed E-state index contributed by atoms with van der Waals surface area (Å²) in [6.07, 6.45) is 0. The third-order valence-corrected chi connectivity index (χ3v) is 2.62. The zero-order chi connectivity index (χ0) is 13.7. The van der Waals surface area contributed by atoms with Gasteiger partial charge in [-0.15, -0.1) is 0 Å². The molecule has 0 aliphatic carbocycles. The first kappa shape index (κ1) is 12.8. The van der Waals surface area contributed by atoms with Crippen molar-refractivity contribution in [2.75, 3.05) is 5.32 Å². The number of aromatic amines is 1. The van der Waals surface area contributed by atoms with Crippen LogP contribution in [0.15, 0.2) is 41.2 Å². The number of hydrogen-bond donors (Lipinski definition) is 3. The van der Waals surface area contributed by atoms with E-state index in [1.165, 1.54) is 12.1 Å². The number of amides is 2. The van der Waals surface area contributed by atoms with E-state index < -0.39 is 0 Å². The number of carbonyl (C=O) groups excluding carboxylic acids is 1. The van der Waals surface area contributed by atoms with Gasteiger partial charge in [0, 0.05) is 12.6 Å². The Balaban J connectivity index is 1.90. The van der Waals surface area contributed by atoms with Crippen LogP contribution in [0.2, 0.25) is 0 Å². The van der Waals surface area contributed by atoms with Crippen LogP contribution in [0.25, 0.3) is 0 Å². The van der Waals surface area contributed by atoms with Gasteiger partial charge >= 0.3 is 6.03 Å². The summed E-state index contributed by atoms with van der Waals surface area (Å²) in [6, 6.07) is 10.2. The summed E-state index contributed by atoms with van der Waals surface area (Å²) >= 11 is 0. The Morgan fingerprint density at radius 2 is 2.05 bits per heavy atom. The predicted molar refractivity (Wildman–Crippen MR) is 71.9 cm³/mol. The number of aromatic nitrogens is 2. The highest BCUT2D eigenvalue weighted by Gasteiger charge is 2.03. The van der Waals surface area contributed by atoms with E-state index in [-0.39, 0.29) is 11.6 Å². The molecule has 2 amide bonds. The Bertz CT molecular complexity index is 616. The number of nitrogens with zero attached hydrogens (tertiary/aromatic N) is 1. The van der Waals surface area contributed by atoms with Crippen molar-refractivity contribution in [1.29, 1.82) is 0 Å². The fourth-order valence-corrected chi connectivity index (χ4v) is 1.56. The molecule has 19 heavy (non-hydrogen) atoms. The largest absolute Gasteiger partial charge is 0.334 e. The zero-order valence-corrected chi connectivity index (χ0v) is 10.4. The number of benzene rings is 1. The van der Waals surface area contributed by atoms with E-state index in [0.29, 0.717) is 12.4 Å². The van der Waals surface area contributed by atoms with Gasteiger partial charge in [0.1, 0.15) is 0 Å². The van der Waals surface area contributed by atoms with Gasteiger partial charge in [-0.1, -0.05) is 24.3 Å². The molecule has 1 aromatic carbocycles. The molecule has 3 N–H and O–H groups in total. The van der Waals surface area contributed by atoms with E-state index in [9.17, 15) is 9.59 Å². The normalized spacial score (nSPS) is 9.95. The van der Waals surface area contributed by atoms with E-state index >= 15 is 0 Å². The van der Waals surface area contributed by atoms with Crippen LogP contribution in [0.4, 0.5) is 10.6 Å². The second-order valence-electron chi connectivity index (χ2n) is 4.04. The first-order valence-electron chi connectivity index (χ1n) is 5.80. The molecule has 2 rings (SSSR count). The predicted octanol–water partition coefficient (Wildman–Crippen LogP) is 1.40. The smallest absolute Gasteiger partial charge is 0.320 e. The maximum absolute atomic E-state index is 11.6. The molecule has 98 valence electrons. The lowest BCUT2D eigenvalue weighted by Crippen LogP contribution is -2.29. The molecule has 0 atom stereocenters. The van der Waals surface area contributed by atoms with Gasteiger partial charge < -0.3 is 5.32 Å². The van der Waals surface area contributed by atoms with Gasteiger partial charge in [0.05, 0.1) is 0 Å². The highest BCUT2D eigenvalue weighted by Crippen LogP contribution is 2.06. The third kappa shape index (κ3) is 3.67. The molecule has 0 unspecified atom stereocenters. The van der Waals surface area contributed by atoms with Crippen LogP contribution in [0.1, 0.15) is 11.1 Å². The highest BCUT2D eigenvalue weighted by molar-refractivity contribution is 5.87. The molecule has 0 aliphatic rings. The van der Waals surface area contributed by atoms with Gasteiger partial charge in [0.25, 0.3) is 5.56 Å². The fourth-order valence-electron chi connectivity index (χ4n) is 1.56. The molecule has 1 aromatic heterocycles. The van der Waals surface area contributed by atoms with Gasteiger partial charge in [0.2, 0.25) is 0 Å². The zero-order valence-electron chi connectivity index (χ0n) is 10.4. The second-order valence-corrected chi connectivity index (χ2v) is 4.04. The molecule has 6 nitrogen and oxygen atoms in total. The Morgan fingerprint density at radius 1 is 1.26 bits per heavy atom. The number of H-pyrrole nitrogens is 1. The van der Waals surface area contributed by atoms with Crippen molar-refractivity contribution in [3.63, 3.8) is 0 Å². The third-order valence-electron chi connectivity index (χ3n) is 2.62. The lowest BCUT2D eigenvalue weighted by Gasteiger charge is -2.08. The molecule has 0 aliphatic heterocycles. The number of hydrogen-bond acceptors (Lipinski definition) is 3.